The van der Waals surface area contributed by atoms with Gasteiger partial charge in [0.25, 0.3) is 0 Å². The van der Waals surface area contributed by atoms with Crippen molar-refractivity contribution in [2.45, 2.75) is 29.6 Å². The zero-order valence-corrected chi connectivity index (χ0v) is 16.6. The number of hydrogen-bond donors (Lipinski definition) is 3. The molecule has 1 fully saturated rings. The number of nitrogens with two attached hydrogens (primary N) is 1. The van der Waals surface area contributed by atoms with Gasteiger partial charge in [-0.15, -0.1) is 12.6 Å². The zero-order chi connectivity index (χ0) is 20.8. The minimum absolute atomic E-state index is 0.120. The van der Waals surface area contributed by atoms with Crippen molar-refractivity contribution in [1.82, 2.24) is 9.78 Å². The maximum atomic E-state index is 12.4. The molecule has 0 bridgehead atoms. The van der Waals surface area contributed by atoms with E-state index in [-0.39, 0.29) is 16.2 Å². The first kappa shape index (κ1) is 19.4. The van der Waals surface area contributed by atoms with Gasteiger partial charge in [0.2, 0.25) is 5.91 Å². The van der Waals surface area contributed by atoms with E-state index in [1.165, 1.54) is 6.07 Å². The molecule has 0 saturated heterocycles. The number of anilines is 2. The molecule has 1 amide bonds. The minimum Gasteiger partial charge on any atom is -0.399 e. The van der Waals surface area contributed by atoms with Crippen LogP contribution in [0.2, 0.25) is 0 Å². The van der Waals surface area contributed by atoms with E-state index in [0.29, 0.717) is 5.69 Å². The van der Waals surface area contributed by atoms with E-state index < -0.39 is 11.6 Å². The molecular weight excluding hydrogens is 394 g/mol. The molecule has 3 aromatic rings. The number of nitrogens with zero attached hydrogens (tertiary/aromatic N) is 2. The van der Waals surface area contributed by atoms with Gasteiger partial charge in [0.15, 0.2) is 0 Å². The third-order valence-electron chi connectivity index (χ3n) is 5.48. The number of hydrogen-bond acceptors (Lipinski definition) is 4. The summed E-state index contributed by atoms with van der Waals surface area (Å²) in [4.78, 5) is 12.5. The summed E-state index contributed by atoms with van der Waals surface area (Å²) in [5.74, 6) is -1.09. The second kappa shape index (κ2) is 7.18. The van der Waals surface area contributed by atoms with E-state index in [9.17, 15) is 13.6 Å². The monoisotopic (exact) mass is 414 g/mol. The molecule has 1 aliphatic carbocycles. The molecule has 8 heteroatoms. The number of carbonyl (C=O) groups is 1. The van der Waals surface area contributed by atoms with Crippen LogP contribution in [0, 0.1) is 11.6 Å². The Morgan fingerprint density at radius 2 is 2.00 bits per heavy atom. The number of aromatic nitrogens is 2. The summed E-state index contributed by atoms with van der Waals surface area (Å²) in [6.07, 6.45) is 6.67. The molecule has 1 aromatic heterocycles. The summed E-state index contributed by atoms with van der Waals surface area (Å²) < 4.78 is 26.1. The van der Waals surface area contributed by atoms with Crippen LogP contribution in [0.4, 0.5) is 20.2 Å². The highest BCUT2D eigenvalue weighted by Gasteiger charge is 2.51. The Kier molecular flexibility index (Phi) is 4.82. The van der Waals surface area contributed by atoms with Crippen LogP contribution in [0.15, 0.2) is 47.6 Å². The van der Waals surface area contributed by atoms with Crippen molar-refractivity contribution in [3.05, 3.63) is 59.9 Å². The van der Waals surface area contributed by atoms with Crippen LogP contribution in [0.3, 0.4) is 0 Å². The molecule has 3 N–H and O–H groups in total. The molecule has 0 atom stereocenters. The molecule has 2 aliphatic rings. The van der Waals surface area contributed by atoms with Gasteiger partial charge in [-0.25, -0.2) is 8.78 Å². The number of fused-ring (bicyclic) bond motifs is 2. The maximum absolute atomic E-state index is 12.4. The van der Waals surface area contributed by atoms with Crippen LogP contribution in [-0.2, 0) is 17.3 Å². The highest BCUT2D eigenvalue weighted by Crippen LogP contribution is 2.53. The fourth-order valence-corrected chi connectivity index (χ4v) is 3.97. The van der Waals surface area contributed by atoms with Crippen molar-refractivity contribution in [2.75, 3.05) is 11.1 Å². The number of halogens is 2. The lowest BCUT2D eigenvalue weighted by molar-refractivity contribution is -0.123. The Bertz CT molecular complexity index is 1110. The van der Waals surface area contributed by atoms with E-state index in [1.54, 1.807) is 10.9 Å². The maximum Gasteiger partial charge on any atom is 0.235 e. The second-order valence-corrected chi connectivity index (χ2v) is 7.86. The molecular formula is C21H20F2N4OS. The summed E-state index contributed by atoms with van der Waals surface area (Å²) in [6.45, 7) is 0. The van der Waals surface area contributed by atoms with Crippen molar-refractivity contribution in [3.8, 4) is 11.1 Å². The normalized spacial score (nSPS) is 15.9. The van der Waals surface area contributed by atoms with Crippen LogP contribution >= 0.6 is 12.6 Å². The van der Waals surface area contributed by atoms with Gasteiger partial charge < -0.3 is 11.1 Å². The zero-order valence-electron chi connectivity index (χ0n) is 15.7. The summed E-state index contributed by atoms with van der Waals surface area (Å²) in [6, 6.07) is 7.08. The third-order valence-corrected chi connectivity index (χ3v) is 5.84. The number of nitrogens with one attached hydrogen (secondary N) is 1. The molecule has 2 heterocycles. The van der Waals surface area contributed by atoms with Crippen LogP contribution in [0.5, 0.6) is 0 Å². The van der Waals surface area contributed by atoms with Gasteiger partial charge in [-0.2, -0.15) is 5.10 Å². The molecule has 0 radical (unpaired) electrons. The standard InChI is InChI=1S/C15H16N4O.C6H4F2S/c1-19-8-9(7-17-19)11-5-10(16)6-12-13(11)18-14(20)15(12)3-2-4-15;7-4-1-2-6(9)5(8)3-4/h5-8H,2-4,16H2,1H3,(H,18,20);1-3,9H. The first-order valence-electron chi connectivity index (χ1n) is 9.19. The molecule has 29 heavy (non-hydrogen) atoms. The van der Waals surface area contributed by atoms with Gasteiger partial charge in [0, 0.05) is 41.0 Å². The average Bonchev–Trinajstić information content (AvgIpc) is 3.18. The Morgan fingerprint density at radius 3 is 2.55 bits per heavy atom. The lowest BCUT2D eigenvalue weighted by Crippen LogP contribution is -2.40. The number of aryl methyl sites for hydroxylation is 1. The van der Waals surface area contributed by atoms with Crippen molar-refractivity contribution >= 4 is 29.9 Å². The highest BCUT2D eigenvalue weighted by atomic mass is 32.1. The first-order chi connectivity index (χ1) is 13.8. The van der Waals surface area contributed by atoms with E-state index in [4.69, 9.17) is 5.73 Å². The van der Waals surface area contributed by atoms with Gasteiger partial charge in [-0.05, 0) is 42.7 Å². The number of benzene rings is 2. The summed E-state index contributed by atoms with van der Waals surface area (Å²) in [7, 11) is 1.88. The van der Waals surface area contributed by atoms with Crippen molar-refractivity contribution in [3.63, 3.8) is 0 Å². The van der Waals surface area contributed by atoms with Crippen molar-refractivity contribution in [1.29, 1.82) is 0 Å². The number of nitrogen functional groups attached to an aromatic ring is 1. The van der Waals surface area contributed by atoms with E-state index >= 15 is 0 Å². The summed E-state index contributed by atoms with van der Waals surface area (Å²) >= 11 is 3.70. The Morgan fingerprint density at radius 1 is 1.24 bits per heavy atom. The number of thiol groups is 1. The molecule has 5 nitrogen and oxygen atoms in total. The average molecular weight is 414 g/mol. The summed E-state index contributed by atoms with van der Waals surface area (Å²) in [5, 5.41) is 7.26. The largest absolute Gasteiger partial charge is 0.399 e. The highest BCUT2D eigenvalue weighted by molar-refractivity contribution is 7.80. The number of rotatable bonds is 1. The smallest absolute Gasteiger partial charge is 0.235 e. The van der Waals surface area contributed by atoms with Crippen molar-refractivity contribution < 1.29 is 13.6 Å². The third kappa shape index (κ3) is 3.37. The lowest BCUT2D eigenvalue weighted by atomic mass is 9.65. The van der Waals surface area contributed by atoms with Gasteiger partial charge in [0.1, 0.15) is 11.6 Å². The molecule has 150 valence electrons. The van der Waals surface area contributed by atoms with Crippen LogP contribution in [0.25, 0.3) is 11.1 Å². The molecule has 1 aliphatic heterocycles. The second-order valence-electron chi connectivity index (χ2n) is 7.38. The van der Waals surface area contributed by atoms with Gasteiger partial charge in [-0.1, -0.05) is 6.42 Å². The van der Waals surface area contributed by atoms with Gasteiger partial charge in [-0.3, -0.25) is 9.48 Å². The first-order valence-corrected chi connectivity index (χ1v) is 9.63. The lowest BCUT2D eigenvalue weighted by Gasteiger charge is -2.36. The van der Waals surface area contributed by atoms with E-state index in [0.717, 1.165) is 53.8 Å². The molecule has 1 saturated carbocycles. The molecule has 2 aromatic carbocycles. The quantitative estimate of drug-likeness (QED) is 0.411. The minimum atomic E-state index is -0.627. The Balaban J connectivity index is 0.000000192. The topological polar surface area (TPSA) is 72.9 Å². The molecule has 5 rings (SSSR count). The van der Waals surface area contributed by atoms with E-state index in [1.807, 2.05) is 25.4 Å². The van der Waals surface area contributed by atoms with Crippen molar-refractivity contribution in [2.24, 2.45) is 7.05 Å². The Labute approximate surface area is 172 Å². The van der Waals surface area contributed by atoms with Gasteiger partial charge >= 0.3 is 0 Å². The number of amides is 1. The predicted octanol–water partition coefficient (Wildman–Crippen LogP) is 4.30. The number of carbonyl (C=O) groups excluding carboxylic acids is 1. The van der Waals surface area contributed by atoms with Gasteiger partial charge in [0.05, 0.1) is 17.3 Å². The molecule has 0 unspecified atom stereocenters. The summed E-state index contributed by atoms with van der Waals surface area (Å²) in [5.41, 5.74) is 10.3. The van der Waals surface area contributed by atoms with Crippen LogP contribution in [-0.4, -0.2) is 15.7 Å². The van der Waals surface area contributed by atoms with Crippen LogP contribution < -0.4 is 11.1 Å². The predicted molar refractivity (Wildman–Crippen MR) is 111 cm³/mol. The Hall–Kier alpha value is -2.87. The fourth-order valence-electron chi connectivity index (χ4n) is 3.83. The van der Waals surface area contributed by atoms with E-state index in [2.05, 4.69) is 23.0 Å². The SMILES string of the molecule is Cn1cc(-c2cc(N)cc3c2NC(=O)C32CCC2)cn1.Fc1ccc(S)c(F)c1. The van der Waals surface area contributed by atoms with Crippen LogP contribution in [0.1, 0.15) is 24.8 Å². The fraction of sp³-hybridized carbons (Fsp3) is 0.238. The molecule has 1 spiro atoms.